The number of rotatable bonds is 3. The van der Waals surface area contributed by atoms with Crippen LogP contribution in [0, 0.1) is 11.8 Å². The number of carboxylic acids is 1. The monoisotopic (exact) mass is 269 g/mol. The molecule has 2 atom stereocenters. The first-order valence-corrected chi connectivity index (χ1v) is 5.95. The van der Waals surface area contributed by atoms with Crippen LogP contribution in [0.4, 0.5) is 5.82 Å². The van der Waals surface area contributed by atoms with Crippen LogP contribution in [0.25, 0.3) is 0 Å². The summed E-state index contributed by atoms with van der Waals surface area (Å²) in [5.74, 6) is -1.42. The quantitative estimate of drug-likeness (QED) is 0.813. The maximum absolute atomic E-state index is 11.9. The first-order valence-electron chi connectivity index (χ1n) is 5.57. The Morgan fingerprint density at radius 1 is 1.33 bits per heavy atom. The number of nitrogens with zero attached hydrogens (tertiary/aromatic N) is 2. The van der Waals surface area contributed by atoms with Crippen LogP contribution in [0.3, 0.4) is 0 Å². The number of amides is 1. The summed E-state index contributed by atoms with van der Waals surface area (Å²) in [6.45, 7) is 0. The van der Waals surface area contributed by atoms with Crippen LogP contribution in [-0.2, 0) is 9.59 Å². The lowest BCUT2D eigenvalue weighted by molar-refractivity contribution is -0.141. The maximum Gasteiger partial charge on any atom is 0.306 e. The lowest BCUT2D eigenvalue weighted by Crippen LogP contribution is -2.22. The van der Waals surface area contributed by atoms with Gasteiger partial charge in [-0.15, -0.1) is 0 Å². The molecule has 1 aromatic rings. The third-order valence-corrected chi connectivity index (χ3v) is 3.24. The number of aliphatic carboxylic acids is 1. The summed E-state index contributed by atoms with van der Waals surface area (Å²) >= 11 is 5.67. The average Bonchev–Trinajstić information content (AvgIpc) is 2.78. The zero-order valence-corrected chi connectivity index (χ0v) is 10.2. The van der Waals surface area contributed by atoms with E-state index in [1.807, 2.05) is 0 Å². The first-order chi connectivity index (χ1) is 8.56. The van der Waals surface area contributed by atoms with Gasteiger partial charge in [0.2, 0.25) is 5.91 Å². The molecule has 0 bridgehead atoms. The highest BCUT2D eigenvalue weighted by Gasteiger charge is 2.33. The summed E-state index contributed by atoms with van der Waals surface area (Å²) in [5, 5.41) is 11.7. The SMILES string of the molecule is O=C(O)C1CCC(C(=O)Nc2cc(Cl)ncn2)C1. The van der Waals surface area contributed by atoms with E-state index in [4.69, 9.17) is 16.7 Å². The van der Waals surface area contributed by atoms with E-state index in [0.29, 0.717) is 25.1 Å². The molecule has 96 valence electrons. The van der Waals surface area contributed by atoms with Crippen molar-refractivity contribution in [2.45, 2.75) is 19.3 Å². The second-order valence-electron chi connectivity index (χ2n) is 4.26. The average molecular weight is 270 g/mol. The van der Waals surface area contributed by atoms with E-state index in [1.54, 1.807) is 0 Å². The zero-order chi connectivity index (χ0) is 13.1. The molecule has 1 saturated carbocycles. The van der Waals surface area contributed by atoms with Crippen molar-refractivity contribution in [1.82, 2.24) is 9.97 Å². The fourth-order valence-corrected chi connectivity index (χ4v) is 2.22. The number of hydrogen-bond acceptors (Lipinski definition) is 4. The van der Waals surface area contributed by atoms with Gasteiger partial charge in [0, 0.05) is 12.0 Å². The van der Waals surface area contributed by atoms with Crippen molar-refractivity contribution >= 4 is 29.3 Å². The van der Waals surface area contributed by atoms with Gasteiger partial charge in [-0.05, 0) is 19.3 Å². The smallest absolute Gasteiger partial charge is 0.306 e. The lowest BCUT2D eigenvalue weighted by atomic mass is 10.0. The zero-order valence-electron chi connectivity index (χ0n) is 9.47. The Bertz CT molecular complexity index is 480. The van der Waals surface area contributed by atoms with E-state index in [1.165, 1.54) is 12.4 Å². The molecule has 0 aromatic carbocycles. The molecule has 7 heteroatoms. The third kappa shape index (κ3) is 2.95. The molecule has 2 unspecified atom stereocenters. The number of nitrogens with one attached hydrogen (secondary N) is 1. The number of anilines is 1. The Hall–Kier alpha value is -1.69. The van der Waals surface area contributed by atoms with Crippen LogP contribution < -0.4 is 5.32 Å². The van der Waals surface area contributed by atoms with Gasteiger partial charge in [-0.1, -0.05) is 11.6 Å². The van der Waals surface area contributed by atoms with E-state index in [9.17, 15) is 9.59 Å². The van der Waals surface area contributed by atoms with Crippen LogP contribution in [0.1, 0.15) is 19.3 Å². The molecule has 1 heterocycles. The van der Waals surface area contributed by atoms with Crippen molar-refractivity contribution in [3.05, 3.63) is 17.5 Å². The number of carboxylic acid groups (broad SMARTS) is 1. The van der Waals surface area contributed by atoms with Gasteiger partial charge in [0.05, 0.1) is 5.92 Å². The van der Waals surface area contributed by atoms with Crippen LogP contribution >= 0.6 is 11.6 Å². The van der Waals surface area contributed by atoms with Gasteiger partial charge in [-0.3, -0.25) is 9.59 Å². The summed E-state index contributed by atoms with van der Waals surface area (Å²) in [6, 6.07) is 1.45. The molecule has 1 aliphatic carbocycles. The Kier molecular flexibility index (Phi) is 3.76. The molecule has 1 aliphatic rings. The Morgan fingerprint density at radius 2 is 2.06 bits per heavy atom. The fourth-order valence-electron chi connectivity index (χ4n) is 2.07. The van der Waals surface area contributed by atoms with Gasteiger partial charge < -0.3 is 10.4 Å². The molecule has 6 nitrogen and oxygen atoms in total. The van der Waals surface area contributed by atoms with Gasteiger partial charge in [0.1, 0.15) is 17.3 Å². The predicted octanol–water partition coefficient (Wildman–Crippen LogP) is 1.57. The Balaban J connectivity index is 1.95. The highest BCUT2D eigenvalue weighted by molar-refractivity contribution is 6.29. The molecule has 2 rings (SSSR count). The molecule has 18 heavy (non-hydrogen) atoms. The van der Waals surface area contributed by atoms with Crippen LogP contribution in [0.2, 0.25) is 5.15 Å². The first kappa shape index (κ1) is 12.8. The number of halogens is 1. The molecule has 1 amide bonds. The van der Waals surface area contributed by atoms with Crippen molar-refractivity contribution < 1.29 is 14.7 Å². The minimum atomic E-state index is -0.838. The van der Waals surface area contributed by atoms with Crippen molar-refractivity contribution in [1.29, 1.82) is 0 Å². The lowest BCUT2D eigenvalue weighted by Gasteiger charge is -2.09. The number of carbonyl (C=O) groups is 2. The maximum atomic E-state index is 11.9. The number of aromatic nitrogens is 2. The molecule has 0 spiro atoms. The topological polar surface area (TPSA) is 92.2 Å². The van der Waals surface area contributed by atoms with E-state index in [-0.39, 0.29) is 17.0 Å². The molecule has 0 saturated heterocycles. The summed E-state index contributed by atoms with van der Waals surface area (Å²) in [4.78, 5) is 30.3. The second kappa shape index (κ2) is 5.30. The highest BCUT2D eigenvalue weighted by Crippen LogP contribution is 2.31. The van der Waals surface area contributed by atoms with Crippen LogP contribution in [0.15, 0.2) is 12.4 Å². The summed E-state index contributed by atoms with van der Waals surface area (Å²) in [5.41, 5.74) is 0. The summed E-state index contributed by atoms with van der Waals surface area (Å²) in [7, 11) is 0. The van der Waals surface area contributed by atoms with Crippen molar-refractivity contribution in [2.24, 2.45) is 11.8 Å². The van der Waals surface area contributed by atoms with Crippen LogP contribution in [0.5, 0.6) is 0 Å². The predicted molar refractivity (Wildman–Crippen MR) is 64.1 cm³/mol. The van der Waals surface area contributed by atoms with Crippen molar-refractivity contribution in [2.75, 3.05) is 5.32 Å². The molecule has 1 fully saturated rings. The minimum absolute atomic E-state index is 0.214. The summed E-state index contributed by atoms with van der Waals surface area (Å²) < 4.78 is 0. The normalized spacial score (nSPS) is 22.7. The Morgan fingerprint density at radius 3 is 2.67 bits per heavy atom. The van der Waals surface area contributed by atoms with E-state index >= 15 is 0 Å². The van der Waals surface area contributed by atoms with Gasteiger partial charge >= 0.3 is 5.97 Å². The van der Waals surface area contributed by atoms with Crippen molar-refractivity contribution in [3.8, 4) is 0 Å². The van der Waals surface area contributed by atoms with Gasteiger partial charge in [-0.25, -0.2) is 9.97 Å². The van der Waals surface area contributed by atoms with Gasteiger partial charge in [-0.2, -0.15) is 0 Å². The fraction of sp³-hybridized carbons (Fsp3) is 0.455. The molecule has 0 radical (unpaired) electrons. The molecule has 0 aliphatic heterocycles. The molecular formula is C11H12ClN3O3. The number of hydrogen-bond donors (Lipinski definition) is 2. The molecular weight excluding hydrogens is 258 g/mol. The molecule has 1 aromatic heterocycles. The van der Waals surface area contributed by atoms with Crippen LogP contribution in [-0.4, -0.2) is 27.0 Å². The highest BCUT2D eigenvalue weighted by atomic mass is 35.5. The van der Waals surface area contributed by atoms with E-state index in [2.05, 4.69) is 15.3 Å². The van der Waals surface area contributed by atoms with Gasteiger partial charge in [0.15, 0.2) is 0 Å². The minimum Gasteiger partial charge on any atom is -0.481 e. The van der Waals surface area contributed by atoms with Gasteiger partial charge in [0.25, 0.3) is 0 Å². The van der Waals surface area contributed by atoms with Crippen molar-refractivity contribution in [3.63, 3.8) is 0 Å². The summed E-state index contributed by atoms with van der Waals surface area (Å²) in [6.07, 6.45) is 2.76. The third-order valence-electron chi connectivity index (χ3n) is 3.04. The largest absolute Gasteiger partial charge is 0.481 e. The second-order valence-corrected chi connectivity index (χ2v) is 4.65. The van der Waals surface area contributed by atoms with E-state index in [0.717, 1.165) is 0 Å². The van der Waals surface area contributed by atoms with E-state index < -0.39 is 11.9 Å². The Labute approximate surface area is 108 Å². The standard InChI is InChI=1S/C11H12ClN3O3/c12-8-4-9(14-5-13-8)15-10(16)6-1-2-7(3-6)11(17)18/h4-7H,1-3H2,(H,17,18)(H,13,14,15,16). The number of carbonyl (C=O) groups excluding carboxylic acids is 1. The molecule has 2 N–H and O–H groups in total.